The highest BCUT2D eigenvalue weighted by Gasteiger charge is 2.29. The van der Waals surface area contributed by atoms with Gasteiger partial charge in [0.25, 0.3) is 0 Å². The Morgan fingerprint density at radius 2 is 1.86 bits per heavy atom. The van der Waals surface area contributed by atoms with Crippen molar-refractivity contribution in [3.63, 3.8) is 0 Å². The Balaban J connectivity index is 1.96. The third-order valence-corrected chi connectivity index (χ3v) is 5.11. The van der Waals surface area contributed by atoms with Gasteiger partial charge in [0, 0.05) is 44.8 Å². The number of hydrogen-bond acceptors (Lipinski definition) is 5. The maximum atomic E-state index is 11.8. The Kier molecular flexibility index (Phi) is 5.21. The van der Waals surface area contributed by atoms with E-state index >= 15 is 0 Å². The number of anilines is 1. The molecule has 1 fully saturated rings. The highest BCUT2D eigenvalue weighted by Crippen LogP contribution is 2.21. The Bertz CT molecular complexity index is 551. The Labute approximate surface area is 125 Å². The lowest BCUT2D eigenvalue weighted by atomic mass is 9.94. The van der Waals surface area contributed by atoms with Crippen molar-refractivity contribution in [3.8, 4) is 0 Å². The van der Waals surface area contributed by atoms with Crippen molar-refractivity contribution < 1.29 is 18.3 Å². The van der Waals surface area contributed by atoms with E-state index in [0.717, 1.165) is 5.69 Å². The van der Waals surface area contributed by atoms with Crippen LogP contribution in [0.3, 0.4) is 0 Å². The first-order valence-electron chi connectivity index (χ1n) is 7.09. The maximum absolute atomic E-state index is 11.8. The molecule has 0 atom stereocenters. The molecule has 1 heterocycles. The minimum Gasteiger partial charge on any atom is -0.388 e. The molecule has 0 radical (unpaired) electrons. The molecule has 3 N–H and O–H groups in total. The van der Waals surface area contributed by atoms with Gasteiger partial charge in [-0.2, -0.15) is 0 Å². The lowest BCUT2D eigenvalue weighted by Gasteiger charge is -2.32. The molecule has 21 heavy (non-hydrogen) atoms. The molecule has 1 aliphatic rings. The topological polar surface area (TPSA) is 87.7 Å². The number of ether oxygens (including phenoxy) is 1. The van der Waals surface area contributed by atoms with Gasteiger partial charge in [-0.25, -0.2) is 13.1 Å². The molecular formula is C14H22N2O4S. The Hall–Kier alpha value is -1.15. The molecular weight excluding hydrogens is 292 g/mol. The van der Waals surface area contributed by atoms with Gasteiger partial charge in [0.2, 0.25) is 10.0 Å². The second-order valence-corrected chi connectivity index (χ2v) is 6.98. The average molecular weight is 314 g/mol. The fourth-order valence-electron chi connectivity index (χ4n) is 2.22. The Morgan fingerprint density at radius 3 is 2.43 bits per heavy atom. The summed E-state index contributed by atoms with van der Waals surface area (Å²) in [5.41, 5.74) is 0.0256. The van der Waals surface area contributed by atoms with Crippen molar-refractivity contribution in [2.75, 3.05) is 31.6 Å². The summed E-state index contributed by atoms with van der Waals surface area (Å²) in [6, 6.07) is 6.50. The summed E-state index contributed by atoms with van der Waals surface area (Å²) >= 11 is 0. The van der Waals surface area contributed by atoms with Gasteiger partial charge in [-0.3, -0.25) is 0 Å². The monoisotopic (exact) mass is 314 g/mol. The van der Waals surface area contributed by atoms with E-state index in [-0.39, 0.29) is 4.90 Å². The van der Waals surface area contributed by atoms with E-state index < -0.39 is 15.6 Å². The van der Waals surface area contributed by atoms with Gasteiger partial charge < -0.3 is 15.2 Å². The van der Waals surface area contributed by atoms with Gasteiger partial charge in [0.15, 0.2) is 0 Å². The molecule has 0 spiro atoms. The summed E-state index contributed by atoms with van der Waals surface area (Å²) in [4.78, 5) is 0.236. The van der Waals surface area contributed by atoms with Gasteiger partial charge in [-0.15, -0.1) is 0 Å². The van der Waals surface area contributed by atoms with Crippen molar-refractivity contribution >= 4 is 15.7 Å². The largest absolute Gasteiger partial charge is 0.388 e. The highest BCUT2D eigenvalue weighted by atomic mass is 32.2. The van der Waals surface area contributed by atoms with Crippen LogP contribution in [0.15, 0.2) is 29.2 Å². The minimum absolute atomic E-state index is 0.236. The van der Waals surface area contributed by atoms with Gasteiger partial charge in [-0.05, 0) is 24.3 Å². The van der Waals surface area contributed by atoms with Gasteiger partial charge in [0.1, 0.15) is 0 Å². The number of sulfonamides is 1. The van der Waals surface area contributed by atoms with Crippen LogP contribution in [-0.4, -0.2) is 45.4 Å². The Morgan fingerprint density at radius 1 is 1.24 bits per heavy atom. The van der Waals surface area contributed by atoms with Crippen LogP contribution in [0.25, 0.3) is 0 Å². The van der Waals surface area contributed by atoms with Crippen LogP contribution in [0, 0.1) is 0 Å². The SMILES string of the molecule is CCNS(=O)(=O)c1ccc(NCC2(O)CCOCC2)cc1. The first-order chi connectivity index (χ1) is 9.95. The van der Waals surface area contributed by atoms with Crippen LogP contribution in [0.4, 0.5) is 5.69 Å². The molecule has 0 saturated carbocycles. The van der Waals surface area contributed by atoms with Crippen LogP contribution in [0.1, 0.15) is 19.8 Å². The molecule has 0 bridgehead atoms. The summed E-state index contributed by atoms with van der Waals surface area (Å²) in [5.74, 6) is 0. The maximum Gasteiger partial charge on any atom is 0.240 e. The number of aliphatic hydroxyl groups is 1. The first-order valence-corrected chi connectivity index (χ1v) is 8.57. The summed E-state index contributed by atoms with van der Waals surface area (Å²) in [5, 5.41) is 13.5. The van der Waals surface area contributed by atoms with E-state index in [4.69, 9.17) is 4.74 Å². The normalized spacial score (nSPS) is 18.4. The number of rotatable bonds is 6. The van der Waals surface area contributed by atoms with Gasteiger partial charge in [-0.1, -0.05) is 6.92 Å². The van der Waals surface area contributed by atoms with E-state index in [2.05, 4.69) is 10.0 Å². The van der Waals surface area contributed by atoms with E-state index in [1.165, 1.54) is 0 Å². The standard InChI is InChI=1S/C14H22N2O4S/c1-2-16-21(18,19)13-5-3-12(4-6-13)15-11-14(17)7-9-20-10-8-14/h3-6,15-17H,2,7-11H2,1H3. The highest BCUT2D eigenvalue weighted by molar-refractivity contribution is 7.89. The predicted octanol–water partition coefficient (Wildman–Crippen LogP) is 0.938. The summed E-state index contributed by atoms with van der Waals surface area (Å²) in [7, 11) is -3.42. The molecule has 6 nitrogen and oxygen atoms in total. The van der Waals surface area contributed by atoms with E-state index in [9.17, 15) is 13.5 Å². The average Bonchev–Trinajstić information content (AvgIpc) is 2.46. The van der Waals surface area contributed by atoms with E-state index in [1.807, 2.05) is 0 Å². The van der Waals surface area contributed by atoms with Crippen molar-refractivity contribution in [1.29, 1.82) is 0 Å². The zero-order valence-corrected chi connectivity index (χ0v) is 12.9. The van der Waals surface area contributed by atoms with E-state index in [0.29, 0.717) is 39.1 Å². The van der Waals surface area contributed by atoms with Crippen LogP contribution in [0.2, 0.25) is 0 Å². The number of nitrogens with one attached hydrogen (secondary N) is 2. The van der Waals surface area contributed by atoms with Crippen LogP contribution in [0.5, 0.6) is 0 Å². The van der Waals surface area contributed by atoms with Crippen molar-refractivity contribution in [2.45, 2.75) is 30.3 Å². The molecule has 1 aliphatic heterocycles. The lowest BCUT2D eigenvalue weighted by molar-refractivity contribution is -0.0543. The second kappa shape index (κ2) is 6.74. The van der Waals surface area contributed by atoms with Crippen molar-refractivity contribution in [2.24, 2.45) is 0 Å². The summed E-state index contributed by atoms with van der Waals surface area (Å²) < 4.78 is 31.3. The van der Waals surface area contributed by atoms with Gasteiger partial charge >= 0.3 is 0 Å². The molecule has 0 unspecified atom stereocenters. The van der Waals surface area contributed by atoms with Crippen molar-refractivity contribution in [3.05, 3.63) is 24.3 Å². The van der Waals surface area contributed by atoms with Crippen LogP contribution >= 0.6 is 0 Å². The zero-order chi connectivity index (χ0) is 15.3. The molecule has 1 aromatic carbocycles. The molecule has 1 saturated heterocycles. The minimum atomic E-state index is -3.42. The quantitative estimate of drug-likeness (QED) is 0.727. The van der Waals surface area contributed by atoms with Crippen molar-refractivity contribution in [1.82, 2.24) is 4.72 Å². The smallest absolute Gasteiger partial charge is 0.240 e. The molecule has 1 aromatic rings. The lowest BCUT2D eigenvalue weighted by Crippen LogP contribution is -2.42. The first kappa shape index (κ1) is 16.2. The predicted molar refractivity (Wildman–Crippen MR) is 80.8 cm³/mol. The molecule has 0 aliphatic carbocycles. The molecule has 0 aromatic heterocycles. The van der Waals surface area contributed by atoms with Crippen LogP contribution in [-0.2, 0) is 14.8 Å². The fourth-order valence-corrected chi connectivity index (χ4v) is 3.26. The van der Waals surface area contributed by atoms with Crippen LogP contribution < -0.4 is 10.0 Å². The molecule has 7 heteroatoms. The van der Waals surface area contributed by atoms with E-state index in [1.54, 1.807) is 31.2 Å². The summed E-state index contributed by atoms with van der Waals surface area (Å²) in [6.07, 6.45) is 1.21. The third-order valence-electron chi connectivity index (χ3n) is 3.54. The summed E-state index contributed by atoms with van der Waals surface area (Å²) in [6.45, 7) is 3.66. The zero-order valence-electron chi connectivity index (χ0n) is 12.1. The molecule has 2 rings (SSSR count). The fraction of sp³-hybridized carbons (Fsp3) is 0.571. The number of hydrogen-bond donors (Lipinski definition) is 3. The third kappa shape index (κ3) is 4.41. The molecule has 0 amide bonds. The second-order valence-electron chi connectivity index (χ2n) is 5.22. The number of benzene rings is 1. The molecule has 118 valence electrons. The van der Waals surface area contributed by atoms with Gasteiger partial charge in [0.05, 0.1) is 10.5 Å².